The summed E-state index contributed by atoms with van der Waals surface area (Å²) in [4.78, 5) is 10.0. The number of piperidine rings is 1. The van der Waals surface area contributed by atoms with Gasteiger partial charge in [0.2, 0.25) is 0 Å². The number of nitrogens with one attached hydrogen (secondary N) is 1. The number of guanidine groups is 1. The average Bonchev–Trinajstić information content (AvgIpc) is 2.84. The fourth-order valence-electron chi connectivity index (χ4n) is 3.65. The van der Waals surface area contributed by atoms with Crippen molar-refractivity contribution in [3.8, 4) is 0 Å². The molecule has 0 aliphatic carbocycles. The molecule has 1 atom stereocenters. The molecule has 2 fully saturated rings. The van der Waals surface area contributed by atoms with E-state index in [1.807, 2.05) is 0 Å². The predicted octanol–water partition coefficient (Wildman–Crippen LogP) is 3.42. The fourth-order valence-corrected chi connectivity index (χ4v) is 3.65. The highest BCUT2D eigenvalue weighted by atomic mass is 127. The molecule has 136 valence electrons. The zero-order chi connectivity index (χ0) is 16.2. The van der Waals surface area contributed by atoms with E-state index in [0.717, 1.165) is 38.1 Å². The number of likely N-dealkylation sites (tertiary alicyclic amines) is 2. The van der Waals surface area contributed by atoms with Crippen molar-refractivity contribution in [2.24, 2.45) is 16.3 Å². The van der Waals surface area contributed by atoms with Gasteiger partial charge in [0.1, 0.15) is 0 Å². The van der Waals surface area contributed by atoms with Crippen molar-refractivity contribution in [3.05, 3.63) is 0 Å². The van der Waals surface area contributed by atoms with Crippen LogP contribution in [0.2, 0.25) is 0 Å². The molecule has 1 unspecified atom stereocenters. The summed E-state index contributed by atoms with van der Waals surface area (Å²) in [6, 6.07) is 0.666. The zero-order valence-electron chi connectivity index (χ0n) is 15.8. The van der Waals surface area contributed by atoms with Gasteiger partial charge in [-0.25, -0.2) is 0 Å². The minimum atomic E-state index is 0. The van der Waals surface area contributed by atoms with Crippen molar-refractivity contribution in [3.63, 3.8) is 0 Å². The summed E-state index contributed by atoms with van der Waals surface area (Å²) in [7, 11) is 0. The number of hydrogen-bond acceptors (Lipinski definition) is 2. The van der Waals surface area contributed by atoms with Crippen molar-refractivity contribution >= 4 is 29.9 Å². The Labute approximate surface area is 160 Å². The largest absolute Gasteiger partial charge is 0.357 e. The summed E-state index contributed by atoms with van der Waals surface area (Å²) in [5.74, 6) is 1.86. The molecule has 0 spiro atoms. The predicted molar refractivity (Wildman–Crippen MR) is 111 cm³/mol. The molecule has 0 aromatic rings. The molecule has 0 bridgehead atoms. The summed E-state index contributed by atoms with van der Waals surface area (Å²) in [6.07, 6.45) is 3.92. The van der Waals surface area contributed by atoms with Gasteiger partial charge in [0, 0.05) is 38.8 Å². The van der Waals surface area contributed by atoms with E-state index in [4.69, 9.17) is 4.99 Å². The van der Waals surface area contributed by atoms with E-state index in [2.05, 4.69) is 49.7 Å². The summed E-state index contributed by atoms with van der Waals surface area (Å²) in [5.41, 5.74) is 0.426. The van der Waals surface area contributed by atoms with E-state index in [-0.39, 0.29) is 24.0 Å². The Morgan fingerprint density at radius 3 is 2.61 bits per heavy atom. The van der Waals surface area contributed by atoms with Gasteiger partial charge in [0.25, 0.3) is 0 Å². The van der Waals surface area contributed by atoms with Crippen LogP contribution in [0.25, 0.3) is 0 Å². The van der Waals surface area contributed by atoms with Crippen LogP contribution in [0.4, 0.5) is 0 Å². The summed E-state index contributed by atoms with van der Waals surface area (Å²) in [6.45, 7) is 18.2. The molecule has 23 heavy (non-hydrogen) atoms. The molecule has 0 saturated carbocycles. The average molecular weight is 436 g/mol. The van der Waals surface area contributed by atoms with Crippen LogP contribution in [0.5, 0.6) is 0 Å². The first-order valence-electron chi connectivity index (χ1n) is 9.18. The maximum Gasteiger partial charge on any atom is 0.193 e. The Hall–Kier alpha value is -0.0400. The molecular weight excluding hydrogens is 399 g/mol. The highest BCUT2D eigenvalue weighted by Gasteiger charge is 2.31. The van der Waals surface area contributed by atoms with E-state index in [1.54, 1.807) is 0 Å². The second kappa shape index (κ2) is 9.44. The molecule has 4 nitrogen and oxygen atoms in total. The topological polar surface area (TPSA) is 30.9 Å². The Bertz CT molecular complexity index is 381. The second-order valence-electron chi connectivity index (χ2n) is 8.13. The van der Waals surface area contributed by atoms with Crippen molar-refractivity contribution in [1.29, 1.82) is 0 Å². The summed E-state index contributed by atoms with van der Waals surface area (Å²) < 4.78 is 0. The zero-order valence-corrected chi connectivity index (χ0v) is 18.1. The lowest BCUT2D eigenvalue weighted by atomic mass is 9.93. The van der Waals surface area contributed by atoms with Crippen LogP contribution >= 0.6 is 24.0 Å². The van der Waals surface area contributed by atoms with E-state index < -0.39 is 0 Å². The molecule has 0 radical (unpaired) electrons. The van der Waals surface area contributed by atoms with Crippen LogP contribution in [-0.2, 0) is 0 Å². The smallest absolute Gasteiger partial charge is 0.193 e. The summed E-state index contributed by atoms with van der Waals surface area (Å²) >= 11 is 0. The number of hydrogen-bond donors (Lipinski definition) is 1. The maximum atomic E-state index is 4.98. The van der Waals surface area contributed by atoms with Gasteiger partial charge < -0.3 is 15.1 Å². The molecule has 2 aliphatic rings. The van der Waals surface area contributed by atoms with E-state index in [1.165, 1.54) is 32.4 Å². The van der Waals surface area contributed by atoms with E-state index in [0.29, 0.717) is 11.5 Å². The maximum absolute atomic E-state index is 4.98. The van der Waals surface area contributed by atoms with Crippen LogP contribution in [0.1, 0.15) is 53.9 Å². The van der Waals surface area contributed by atoms with Crippen molar-refractivity contribution in [1.82, 2.24) is 15.1 Å². The minimum absolute atomic E-state index is 0. The third-order valence-corrected chi connectivity index (χ3v) is 5.09. The normalized spacial score (nSPS) is 25.6. The third kappa shape index (κ3) is 6.40. The Kier molecular flexibility index (Phi) is 8.63. The number of rotatable bonds is 4. The minimum Gasteiger partial charge on any atom is -0.357 e. The van der Waals surface area contributed by atoms with Crippen LogP contribution in [0, 0.1) is 11.3 Å². The van der Waals surface area contributed by atoms with Gasteiger partial charge in [-0.2, -0.15) is 0 Å². The molecule has 2 saturated heterocycles. The SMILES string of the molecule is CCNC(=NCC1CCCN(C(C)C)C1)N1CCC(C)(C)C1.I. The molecule has 2 heterocycles. The lowest BCUT2D eigenvalue weighted by molar-refractivity contribution is 0.143. The van der Waals surface area contributed by atoms with Gasteiger partial charge in [-0.05, 0) is 57.9 Å². The monoisotopic (exact) mass is 436 g/mol. The Morgan fingerprint density at radius 1 is 1.30 bits per heavy atom. The van der Waals surface area contributed by atoms with Gasteiger partial charge in [0.15, 0.2) is 5.96 Å². The van der Waals surface area contributed by atoms with Crippen molar-refractivity contribution in [2.75, 3.05) is 39.3 Å². The van der Waals surface area contributed by atoms with Gasteiger partial charge in [-0.1, -0.05) is 13.8 Å². The van der Waals surface area contributed by atoms with Crippen LogP contribution in [0.15, 0.2) is 4.99 Å². The highest BCUT2D eigenvalue weighted by molar-refractivity contribution is 14.0. The van der Waals surface area contributed by atoms with Crippen molar-refractivity contribution in [2.45, 2.75) is 59.9 Å². The lowest BCUT2D eigenvalue weighted by Crippen LogP contribution is -2.43. The summed E-state index contributed by atoms with van der Waals surface area (Å²) in [5, 5.41) is 3.50. The Morgan fingerprint density at radius 2 is 2.04 bits per heavy atom. The number of halogens is 1. The number of nitrogens with zero attached hydrogens (tertiary/aromatic N) is 3. The molecule has 2 aliphatic heterocycles. The molecule has 1 N–H and O–H groups in total. The van der Waals surface area contributed by atoms with Gasteiger partial charge in [-0.15, -0.1) is 24.0 Å². The van der Waals surface area contributed by atoms with Crippen LogP contribution in [-0.4, -0.2) is 61.1 Å². The molecule has 0 amide bonds. The van der Waals surface area contributed by atoms with Crippen molar-refractivity contribution < 1.29 is 0 Å². The van der Waals surface area contributed by atoms with E-state index in [9.17, 15) is 0 Å². The first-order valence-corrected chi connectivity index (χ1v) is 9.18. The molecule has 0 aromatic heterocycles. The molecular formula is C18H37IN4. The quantitative estimate of drug-likeness (QED) is 0.416. The fraction of sp³-hybridized carbons (Fsp3) is 0.944. The molecule has 5 heteroatoms. The van der Waals surface area contributed by atoms with Crippen LogP contribution < -0.4 is 5.32 Å². The van der Waals surface area contributed by atoms with Gasteiger partial charge in [-0.3, -0.25) is 4.99 Å². The van der Waals surface area contributed by atoms with Crippen LogP contribution in [0.3, 0.4) is 0 Å². The molecule has 2 rings (SSSR count). The number of aliphatic imine (C=N–C) groups is 1. The highest BCUT2D eigenvalue weighted by Crippen LogP contribution is 2.28. The van der Waals surface area contributed by atoms with E-state index >= 15 is 0 Å². The van der Waals surface area contributed by atoms with Gasteiger partial charge in [0.05, 0.1) is 0 Å². The lowest BCUT2D eigenvalue weighted by Gasteiger charge is -2.35. The first kappa shape index (κ1) is 21.0. The van der Waals surface area contributed by atoms with Gasteiger partial charge >= 0.3 is 0 Å². The second-order valence-corrected chi connectivity index (χ2v) is 8.13. The Balaban J connectivity index is 0.00000264. The molecule has 0 aromatic carbocycles. The first-order chi connectivity index (χ1) is 10.4. The standard InChI is InChI=1S/C18H36N4.HI/c1-6-19-17(22-11-9-18(4,5)14-22)20-12-16-8-7-10-21(13-16)15(2)3;/h15-16H,6-14H2,1-5H3,(H,19,20);1H. The third-order valence-electron chi connectivity index (χ3n) is 5.09.